The number of likely N-dealkylation sites (N-methyl/N-ethyl adjacent to an activating group) is 1. The van der Waals surface area contributed by atoms with Crippen LogP contribution in [-0.4, -0.2) is 108 Å². The van der Waals surface area contributed by atoms with Crippen molar-refractivity contribution in [3.05, 3.63) is 54.2 Å². The van der Waals surface area contributed by atoms with Gasteiger partial charge in [-0.1, -0.05) is 33.8 Å². The predicted octanol–water partition coefficient (Wildman–Crippen LogP) is 6.10. The summed E-state index contributed by atoms with van der Waals surface area (Å²) in [6.45, 7) is 8.54. The van der Waals surface area contributed by atoms with Gasteiger partial charge in [-0.25, -0.2) is 24.5 Å². The van der Waals surface area contributed by atoms with Crippen molar-refractivity contribution >= 4 is 46.1 Å². The van der Waals surface area contributed by atoms with Crippen LogP contribution in [0.2, 0.25) is 0 Å². The molecule has 4 amide bonds. The molecule has 55 heavy (non-hydrogen) atoms. The third-order valence-electron chi connectivity index (χ3n) is 10.7. The number of aromatic amines is 2. The summed E-state index contributed by atoms with van der Waals surface area (Å²) in [6, 6.07) is 9.32. The molecule has 16 heteroatoms. The number of benzene rings is 2. The van der Waals surface area contributed by atoms with Gasteiger partial charge in [-0.3, -0.25) is 14.5 Å². The maximum Gasteiger partial charge on any atom is 0.407 e. The molecule has 16 nitrogen and oxygen atoms in total. The molecule has 0 aliphatic carbocycles. The van der Waals surface area contributed by atoms with Crippen LogP contribution < -0.4 is 5.32 Å². The van der Waals surface area contributed by atoms with Gasteiger partial charge in [0.15, 0.2) is 5.76 Å². The predicted molar refractivity (Wildman–Crippen MR) is 203 cm³/mol. The average molecular weight is 754 g/mol. The van der Waals surface area contributed by atoms with E-state index in [4.69, 9.17) is 19.1 Å². The zero-order chi connectivity index (χ0) is 39.1. The molecule has 2 aliphatic rings. The molecule has 2 fully saturated rings. The molecule has 5 aromatic rings. The van der Waals surface area contributed by atoms with Crippen molar-refractivity contribution in [3.8, 4) is 22.8 Å². The Morgan fingerprint density at radius 3 is 2.25 bits per heavy atom. The van der Waals surface area contributed by atoms with Crippen LogP contribution in [0.5, 0.6) is 0 Å². The van der Waals surface area contributed by atoms with Gasteiger partial charge in [0.05, 0.1) is 47.5 Å². The quantitative estimate of drug-likeness (QED) is 0.129. The number of carbonyl (C=O) groups is 4. The topological polar surface area (TPSA) is 203 Å². The molecule has 0 spiro atoms. The number of hydrogen-bond donors (Lipinski definition) is 4. The molecule has 4 atom stereocenters. The number of ether oxygens (including phenoxy) is 1. The number of carbonyl (C=O) groups excluding carboxylic acids is 3. The first-order chi connectivity index (χ1) is 26.4. The highest BCUT2D eigenvalue weighted by Crippen LogP contribution is 2.37. The molecule has 4 N–H and O–H groups in total. The highest BCUT2D eigenvalue weighted by atomic mass is 16.5. The maximum atomic E-state index is 13.8. The van der Waals surface area contributed by atoms with Crippen LogP contribution in [0.4, 0.5) is 9.59 Å². The average Bonchev–Trinajstić information content (AvgIpc) is 4.01. The Morgan fingerprint density at radius 1 is 0.927 bits per heavy atom. The third kappa shape index (κ3) is 7.08. The van der Waals surface area contributed by atoms with Crippen molar-refractivity contribution in [2.45, 2.75) is 77.5 Å². The third-order valence-corrected chi connectivity index (χ3v) is 10.7. The number of H-pyrrole nitrogens is 2. The molecule has 5 heterocycles. The first-order valence-electron chi connectivity index (χ1n) is 18.7. The fraction of sp³-hybridized carbons (Fsp3) is 0.462. The van der Waals surface area contributed by atoms with Crippen molar-refractivity contribution in [1.29, 1.82) is 0 Å². The molecule has 0 saturated carbocycles. The lowest BCUT2D eigenvalue weighted by molar-refractivity contribution is -0.138. The fourth-order valence-electron chi connectivity index (χ4n) is 7.95. The number of likely N-dealkylation sites (tertiary alicyclic amines) is 2. The number of rotatable bonds is 10. The second-order valence-electron chi connectivity index (χ2n) is 15.0. The summed E-state index contributed by atoms with van der Waals surface area (Å²) >= 11 is 0. The van der Waals surface area contributed by atoms with Gasteiger partial charge in [0, 0.05) is 25.7 Å². The van der Waals surface area contributed by atoms with E-state index < -0.39 is 24.3 Å². The van der Waals surface area contributed by atoms with Gasteiger partial charge in [0.1, 0.15) is 29.2 Å². The van der Waals surface area contributed by atoms with Crippen molar-refractivity contribution in [2.75, 3.05) is 27.2 Å². The van der Waals surface area contributed by atoms with Crippen molar-refractivity contribution < 1.29 is 33.4 Å². The van der Waals surface area contributed by atoms with E-state index in [1.165, 1.54) is 14.2 Å². The lowest BCUT2D eigenvalue weighted by Gasteiger charge is -2.33. The number of aromatic nitrogens is 5. The van der Waals surface area contributed by atoms with Crippen LogP contribution in [0.15, 0.2) is 47.0 Å². The number of carboxylic acid groups (broad SMARTS) is 1. The Hall–Kier alpha value is -5.93. The van der Waals surface area contributed by atoms with E-state index in [1.54, 1.807) is 16.0 Å². The fourth-order valence-corrected chi connectivity index (χ4v) is 7.95. The maximum absolute atomic E-state index is 13.8. The van der Waals surface area contributed by atoms with E-state index in [1.807, 2.05) is 64.1 Å². The van der Waals surface area contributed by atoms with Crippen LogP contribution in [0.25, 0.3) is 44.8 Å². The number of hydrogen-bond acceptors (Lipinski definition) is 9. The van der Waals surface area contributed by atoms with Gasteiger partial charge in [-0.05, 0) is 67.9 Å². The lowest BCUT2D eigenvalue weighted by Crippen LogP contribution is -2.51. The van der Waals surface area contributed by atoms with E-state index >= 15 is 0 Å². The van der Waals surface area contributed by atoms with Crippen LogP contribution in [-0.2, 0) is 14.3 Å². The Bertz CT molecular complexity index is 2240. The highest BCUT2D eigenvalue weighted by Gasteiger charge is 2.40. The summed E-state index contributed by atoms with van der Waals surface area (Å²) in [6.07, 6.45) is 2.90. The number of fused-ring (bicyclic) bond motifs is 2. The van der Waals surface area contributed by atoms with Crippen molar-refractivity contribution in [1.82, 2.24) is 44.9 Å². The summed E-state index contributed by atoms with van der Waals surface area (Å²) < 4.78 is 11.1. The molecule has 7 rings (SSSR count). The number of nitrogens with one attached hydrogen (secondary N) is 3. The van der Waals surface area contributed by atoms with E-state index in [2.05, 4.69) is 20.3 Å². The Kier molecular flexibility index (Phi) is 10.2. The van der Waals surface area contributed by atoms with E-state index in [0.29, 0.717) is 53.9 Å². The van der Waals surface area contributed by atoms with Gasteiger partial charge < -0.3 is 39.3 Å². The second kappa shape index (κ2) is 15.1. The molecule has 1 unspecified atom stereocenters. The molecule has 2 saturated heterocycles. The largest absolute Gasteiger partial charge is 0.465 e. The van der Waals surface area contributed by atoms with Crippen LogP contribution >= 0.6 is 0 Å². The molecule has 2 aromatic carbocycles. The number of alkyl carbamates (subject to hydrolysis) is 1. The van der Waals surface area contributed by atoms with Gasteiger partial charge in [0.25, 0.3) is 0 Å². The zero-order valence-electron chi connectivity index (χ0n) is 31.8. The molecule has 290 valence electrons. The summed E-state index contributed by atoms with van der Waals surface area (Å²) in [5, 5.41) is 12.3. The molecular weight excluding hydrogens is 706 g/mol. The molecular formula is C39H47N9O7. The number of methoxy groups -OCH3 is 1. The second-order valence-corrected chi connectivity index (χ2v) is 15.0. The summed E-state index contributed by atoms with van der Waals surface area (Å²) in [4.78, 5) is 77.0. The number of imidazole rings is 2. The number of nitrogens with zero attached hydrogens (tertiary/aromatic N) is 6. The van der Waals surface area contributed by atoms with Gasteiger partial charge in [-0.15, -0.1) is 0 Å². The highest BCUT2D eigenvalue weighted by molar-refractivity contribution is 5.91. The minimum Gasteiger partial charge on any atom is -0.465 e. The van der Waals surface area contributed by atoms with Crippen LogP contribution in [0, 0.1) is 11.8 Å². The lowest BCUT2D eigenvalue weighted by atomic mass is 10.0. The normalized spacial score (nSPS) is 18.4. The number of oxazole rings is 1. The number of para-hydroxylation sites is 1. The minimum atomic E-state index is -1.15. The van der Waals surface area contributed by atoms with Crippen LogP contribution in [0.3, 0.4) is 0 Å². The standard InChI is InChI=1S/C39H47N9O7/c1-20(2)30(45-38(51)54-6)36(49)47-16-8-12-27(47)33-41-24-15-14-22(18-26(24)43-33)29-19-40-35(55-29)23-10-7-11-25-31(23)44-34(42-25)28-13-9-17-48(28)37(50)32(21(3)4)46(5)39(52)53/h7,10-11,14-15,18-21,27-28,30,32H,8-9,12-13,16-17H2,1-6H3,(H,41,43)(H,42,44)(H,45,51)(H,52,53)/t27?,28-,30-,32-/m0/s1. The molecule has 2 aliphatic heterocycles. The summed E-state index contributed by atoms with van der Waals surface area (Å²) in [7, 11) is 2.71. The van der Waals surface area contributed by atoms with E-state index in [-0.39, 0.29) is 35.7 Å². The molecule has 0 bridgehead atoms. The van der Waals surface area contributed by atoms with Gasteiger partial charge >= 0.3 is 12.2 Å². The van der Waals surface area contributed by atoms with Crippen molar-refractivity contribution in [2.24, 2.45) is 11.8 Å². The van der Waals surface area contributed by atoms with E-state index in [9.17, 15) is 24.3 Å². The van der Waals surface area contributed by atoms with Gasteiger partial charge in [-0.2, -0.15) is 0 Å². The molecule has 0 radical (unpaired) electrons. The summed E-state index contributed by atoms with van der Waals surface area (Å²) in [5.74, 6) is 1.48. The SMILES string of the molecule is COC(=O)N[C@H](C(=O)N1CCCC1c1nc2ccc(-c3cnc(-c4cccc5[nH]c([C@@H]6CCCN6C(=O)[C@H](C(C)C)N(C)C(=O)O)nc45)o3)cc2[nH]1)C(C)C. The minimum absolute atomic E-state index is 0.134. The van der Waals surface area contributed by atoms with E-state index in [0.717, 1.165) is 46.3 Å². The first-order valence-corrected chi connectivity index (χ1v) is 18.7. The Morgan fingerprint density at radius 2 is 1.60 bits per heavy atom. The van der Waals surface area contributed by atoms with Gasteiger partial charge in [0.2, 0.25) is 17.7 Å². The van der Waals surface area contributed by atoms with Crippen LogP contribution in [0.1, 0.15) is 77.1 Å². The Balaban J connectivity index is 1.12. The Labute approximate surface area is 317 Å². The number of amides is 4. The molecule has 3 aromatic heterocycles. The monoisotopic (exact) mass is 753 g/mol. The first kappa shape index (κ1) is 37.4. The summed E-state index contributed by atoms with van der Waals surface area (Å²) in [5.41, 5.74) is 4.41. The smallest absolute Gasteiger partial charge is 0.407 e. The zero-order valence-corrected chi connectivity index (χ0v) is 31.8. The van der Waals surface area contributed by atoms with Crippen molar-refractivity contribution in [3.63, 3.8) is 0 Å².